The van der Waals surface area contributed by atoms with Crippen molar-refractivity contribution in [3.63, 3.8) is 0 Å². The molecule has 0 bridgehead atoms. The summed E-state index contributed by atoms with van der Waals surface area (Å²) < 4.78 is 5.88. The smallest absolute Gasteiger partial charge is 0.259 e. The van der Waals surface area contributed by atoms with Crippen molar-refractivity contribution in [2.24, 2.45) is 0 Å². The van der Waals surface area contributed by atoms with Gasteiger partial charge in [-0.3, -0.25) is 9.59 Å². The van der Waals surface area contributed by atoms with E-state index in [4.69, 9.17) is 4.74 Å². The molecule has 5 heteroatoms. The number of rotatable bonds is 3. The number of benzene rings is 1. The third-order valence-corrected chi connectivity index (χ3v) is 4.18. The highest BCUT2D eigenvalue weighted by atomic mass is 16.5. The van der Waals surface area contributed by atoms with Crippen LogP contribution in [0.4, 0.5) is 0 Å². The molecule has 112 valence electrons. The molecule has 0 aromatic heterocycles. The Labute approximate surface area is 124 Å². The van der Waals surface area contributed by atoms with Crippen LogP contribution in [0.3, 0.4) is 0 Å². The van der Waals surface area contributed by atoms with Crippen molar-refractivity contribution in [3.05, 3.63) is 35.9 Å². The van der Waals surface area contributed by atoms with Crippen LogP contribution in [-0.2, 0) is 19.9 Å². The van der Waals surface area contributed by atoms with Crippen LogP contribution in [0.1, 0.15) is 25.3 Å². The van der Waals surface area contributed by atoms with Gasteiger partial charge in [-0.2, -0.15) is 0 Å². The number of carbonyl (C=O) groups excluding carboxylic acids is 2. The summed E-state index contributed by atoms with van der Waals surface area (Å²) >= 11 is 0. The zero-order valence-electron chi connectivity index (χ0n) is 12.2. The van der Waals surface area contributed by atoms with Crippen LogP contribution >= 0.6 is 0 Å². The molecular weight excluding hydrogens is 268 g/mol. The van der Waals surface area contributed by atoms with Crippen molar-refractivity contribution >= 4 is 11.8 Å². The van der Waals surface area contributed by atoms with Crippen LogP contribution in [-0.4, -0.2) is 42.5 Å². The Morgan fingerprint density at radius 2 is 2.00 bits per heavy atom. The van der Waals surface area contributed by atoms with Gasteiger partial charge in [-0.1, -0.05) is 30.3 Å². The molecule has 1 aromatic rings. The van der Waals surface area contributed by atoms with Gasteiger partial charge >= 0.3 is 0 Å². The van der Waals surface area contributed by atoms with Crippen molar-refractivity contribution in [3.8, 4) is 0 Å². The summed E-state index contributed by atoms with van der Waals surface area (Å²) in [5, 5.41) is 2.83. The molecule has 21 heavy (non-hydrogen) atoms. The summed E-state index contributed by atoms with van der Waals surface area (Å²) in [6.07, 6.45) is 1.61. The van der Waals surface area contributed by atoms with E-state index in [-0.39, 0.29) is 17.9 Å². The summed E-state index contributed by atoms with van der Waals surface area (Å²) in [5.74, 6) is -0.0326. The molecule has 0 unspecified atom stereocenters. The number of ether oxygens (including phenoxy) is 1. The summed E-state index contributed by atoms with van der Waals surface area (Å²) in [7, 11) is 0. The van der Waals surface area contributed by atoms with E-state index in [1.165, 1.54) is 6.92 Å². The lowest BCUT2D eigenvalue weighted by Crippen LogP contribution is -2.64. The first-order valence-corrected chi connectivity index (χ1v) is 7.38. The van der Waals surface area contributed by atoms with Crippen LogP contribution in [0.15, 0.2) is 30.3 Å². The zero-order chi connectivity index (χ0) is 14.9. The third-order valence-electron chi connectivity index (χ3n) is 4.18. The number of nitrogens with one attached hydrogen (secondary N) is 1. The highest BCUT2D eigenvalue weighted by Crippen LogP contribution is 2.38. The molecule has 0 spiro atoms. The van der Waals surface area contributed by atoms with E-state index in [1.54, 1.807) is 4.90 Å². The monoisotopic (exact) mass is 288 g/mol. The lowest BCUT2D eigenvalue weighted by Gasteiger charge is -2.43. The zero-order valence-corrected chi connectivity index (χ0v) is 12.2. The summed E-state index contributed by atoms with van der Waals surface area (Å²) in [4.78, 5) is 25.7. The molecule has 3 rings (SSSR count). The number of nitrogens with zero attached hydrogens (tertiary/aromatic N) is 1. The van der Waals surface area contributed by atoms with Crippen LogP contribution in [0.2, 0.25) is 0 Å². The van der Waals surface area contributed by atoms with Gasteiger partial charge in [0.15, 0.2) is 5.60 Å². The first kappa shape index (κ1) is 14.1. The molecule has 2 aliphatic heterocycles. The Kier molecular flexibility index (Phi) is 3.68. The molecule has 0 radical (unpaired) electrons. The second kappa shape index (κ2) is 5.48. The number of hydrogen-bond acceptors (Lipinski definition) is 3. The maximum absolute atomic E-state index is 12.9. The predicted molar refractivity (Wildman–Crippen MR) is 77.5 cm³/mol. The molecule has 0 aliphatic carbocycles. The van der Waals surface area contributed by atoms with Gasteiger partial charge < -0.3 is 15.0 Å². The molecule has 1 N–H and O–H groups in total. The van der Waals surface area contributed by atoms with Crippen LogP contribution in [0.5, 0.6) is 0 Å². The Bertz CT molecular complexity index is 532. The minimum Gasteiger partial charge on any atom is -0.360 e. The van der Waals surface area contributed by atoms with E-state index in [0.29, 0.717) is 19.7 Å². The molecule has 2 aliphatic rings. The molecule has 2 amide bonds. The number of carbonyl (C=O) groups is 2. The fourth-order valence-electron chi connectivity index (χ4n) is 3.15. The molecule has 1 atom stereocenters. The van der Waals surface area contributed by atoms with E-state index < -0.39 is 5.60 Å². The molecule has 5 nitrogen and oxygen atoms in total. The normalized spacial score (nSPS) is 25.5. The maximum Gasteiger partial charge on any atom is 0.259 e. The van der Waals surface area contributed by atoms with Gasteiger partial charge in [0.2, 0.25) is 5.91 Å². The van der Waals surface area contributed by atoms with Crippen LogP contribution < -0.4 is 5.32 Å². The van der Waals surface area contributed by atoms with Gasteiger partial charge in [-0.05, 0) is 18.4 Å². The van der Waals surface area contributed by atoms with E-state index in [0.717, 1.165) is 18.4 Å². The number of hydrogen-bond donors (Lipinski definition) is 1. The van der Waals surface area contributed by atoms with Crippen molar-refractivity contribution in [2.75, 3.05) is 19.7 Å². The van der Waals surface area contributed by atoms with Gasteiger partial charge in [0, 0.05) is 26.6 Å². The van der Waals surface area contributed by atoms with E-state index in [1.807, 2.05) is 30.3 Å². The third kappa shape index (κ3) is 2.53. The first-order valence-electron chi connectivity index (χ1n) is 7.38. The molecule has 2 fully saturated rings. The van der Waals surface area contributed by atoms with Gasteiger partial charge in [-0.25, -0.2) is 0 Å². The highest BCUT2D eigenvalue weighted by molar-refractivity contribution is 5.88. The van der Waals surface area contributed by atoms with Crippen LogP contribution in [0.25, 0.3) is 0 Å². The lowest BCUT2D eigenvalue weighted by atomic mass is 9.88. The average Bonchev–Trinajstić information content (AvgIpc) is 2.93. The Morgan fingerprint density at radius 3 is 2.57 bits per heavy atom. The quantitative estimate of drug-likeness (QED) is 0.904. The molecule has 2 saturated heterocycles. The Morgan fingerprint density at radius 1 is 1.29 bits per heavy atom. The molecule has 1 aromatic carbocycles. The minimum atomic E-state index is -0.831. The lowest BCUT2D eigenvalue weighted by molar-refractivity contribution is -0.160. The van der Waals surface area contributed by atoms with Crippen molar-refractivity contribution in [2.45, 2.75) is 31.4 Å². The van der Waals surface area contributed by atoms with Crippen molar-refractivity contribution < 1.29 is 14.3 Å². The van der Waals surface area contributed by atoms with Crippen molar-refractivity contribution in [1.29, 1.82) is 0 Å². The summed E-state index contributed by atoms with van der Waals surface area (Å²) in [5.41, 5.74) is 0.0955. The van der Waals surface area contributed by atoms with Crippen molar-refractivity contribution in [1.82, 2.24) is 10.2 Å². The summed E-state index contributed by atoms with van der Waals surface area (Å²) in [6, 6.07) is 9.78. The fraction of sp³-hybridized carbons (Fsp3) is 0.500. The number of amides is 2. The van der Waals surface area contributed by atoms with E-state index in [9.17, 15) is 9.59 Å². The molecule has 2 heterocycles. The molecular formula is C16H20N2O3. The first-order chi connectivity index (χ1) is 10.1. The summed E-state index contributed by atoms with van der Waals surface area (Å²) in [6.45, 7) is 3.24. The standard InChI is InChI=1S/C16H20N2O3/c1-12(19)17-14-10-18(11-14)15(20)16(8-5-9-21-16)13-6-3-2-4-7-13/h2-4,6-7,14H,5,8-11H2,1H3,(H,17,19)/t16-/m1/s1. The minimum absolute atomic E-state index is 0.0211. The average molecular weight is 288 g/mol. The topological polar surface area (TPSA) is 58.6 Å². The van der Waals surface area contributed by atoms with Crippen LogP contribution in [0, 0.1) is 0 Å². The van der Waals surface area contributed by atoms with Gasteiger partial charge in [-0.15, -0.1) is 0 Å². The Balaban J connectivity index is 1.74. The number of likely N-dealkylation sites (tertiary alicyclic amines) is 1. The second-order valence-electron chi connectivity index (χ2n) is 5.75. The predicted octanol–water partition coefficient (Wildman–Crippen LogP) is 1.04. The highest BCUT2D eigenvalue weighted by Gasteiger charge is 2.49. The maximum atomic E-state index is 12.9. The second-order valence-corrected chi connectivity index (χ2v) is 5.75. The van der Waals surface area contributed by atoms with E-state index >= 15 is 0 Å². The van der Waals surface area contributed by atoms with Gasteiger partial charge in [0.05, 0.1) is 6.04 Å². The largest absolute Gasteiger partial charge is 0.360 e. The SMILES string of the molecule is CC(=O)NC1CN(C(=O)[C@]2(c3ccccc3)CCCO2)C1. The molecule has 0 saturated carbocycles. The Hall–Kier alpha value is -1.88. The fourth-order valence-corrected chi connectivity index (χ4v) is 3.15. The van der Waals surface area contributed by atoms with Gasteiger partial charge in [0.1, 0.15) is 0 Å². The van der Waals surface area contributed by atoms with E-state index in [2.05, 4.69) is 5.32 Å². The van der Waals surface area contributed by atoms with Gasteiger partial charge in [0.25, 0.3) is 5.91 Å².